The first kappa shape index (κ1) is 15.0. The van der Waals surface area contributed by atoms with Crippen LogP contribution in [0, 0.1) is 11.8 Å². The minimum Gasteiger partial charge on any atom is -0.304 e. The zero-order chi connectivity index (χ0) is 18.1. The van der Waals surface area contributed by atoms with Crippen LogP contribution in [0.5, 0.6) is 0 Å². The van der Waals surface area contributed by atoms with Crippen molar-refractivity contribution < 1.29 is 4.48 Å². The van der Waals surface area contributed by atoms with E-state index in [9.17, 15) is 4.48 Å². The van der Waals surface area contributed by atoms with Gasteiger partial charge in [-0.05, 0) is 36.0 Å². The fourth-order valence-electron chi connectivity index (χ4n) is 4.22. The molecule has 1 aromatic heterocycles. The van der Waals surface area contributed by atoms with E-state index in [1.165, 1.54) is 12.6 Å². The van der Waals surface area contributed by atoms with E-state index in [0.717, 1.165) is 35.1 Å². The molecule has 9 heteroatoms. The van der Waals surface area contributed by atoms with Crippen LogP contribution in [0.1, 0.15) is 30.8 Å². The maximum Gasteiger partial charge on any atom is 0.173 e. The minimum atomic E-state index is -0.243. The summed E-state index contributed by atoms with van der Waals surface area (Å²) in [7, 11) is 0. The fourth-order valence-corrected chi connectivity index (χ4v) is 4.22. The van der Waals surface area contributed by atoms with Crippen molar-refractivity contribution in [2.45, 2.75) is 25.9 Å². The molecule has 4 aliphatic rings. The molecule has 1 aromatic carbocycles. The molecule has 0 amide bonds. The van der Waals surface area contributed by atoms with Crippen LogP contribution in [-0.2, 0) is 6.42 Å². The SMILES string of the molecule is CC1CC1Cc1cnnn1N1C=NC2c3ccccc3N3CN(F)C=C3N21. The lowest BCUT2D eigenvalue weighted by Gasteiger charge is -2.42. The summed E-state index contributed by atoms with van der Waals surface area (Å²) in [4.78, 5) is 8.43. The number of aromatic nitrogens is 3. The smallest absolute Gasteiger partial charge is 0.173 e. The topological polar surface area (TPSA) is 56.0 Å². The van der Waals surface area contributed by atoms with Crippen molar-refractivity contribution in [3.63, 3.8) is 0 Å². The molecule has 6 rings (SSSR count). The predicted octanol–water partition coefficient (Wildman–Crippen LogP) is 2.15. The molecule has 3 aliphatic heterocycles. The summed E-state index contributed by atoms with van der Waals surface area (Å²) < 4.78 is 14.1. The first-order chi connectivity index (χ1) is 13.2. The lowest BCUT2D eigenvalue weighted by Crippen LogP contribution is -2.52. The molecule has 0 radical (unpaired) electrons. The van der Waals surface area contributed by atoms with Gasteiger partial charge in [-0.2, -0.15) is 10.2 Å². The average molecular weight is 366 g/mol. The van der Waals surface area contributed by atoms with E-state index in [-0.39, 0.29) is 12.8 Å². The van der Waals surface area contributed by atoms with Gasteiger partial charge in [-0.25, -0.2) is 10.0 Å². The number of halogens is 1. The highest BCUT2D eigenvalue weighted by atomic mass is 19.2. The van der Waals surface area contributed by atoms with Crippen molar-refractivity contribution in [3.05, 3.63) is 53.7 Å². The lowest BCUT2D eigenvalue weighted by atomic mass is 10.1. The third-order valence-electron chi connectivity index (χ3n) is 5.85. The van der Waals surface area contributed by atoms with Gasteiger partial charge in [-0.3, -0.25) is 0 Å². The first-order valence-corrected chi connectivity index (χ1v) is 9.23. The van der Waals surface area contributed by atoms with E-state index >= 15 is 0 Å². The highest BCUT2D eigenvalue weighted by molar-refractivity contribution is 5.74. The van der Waals surface area contributed by atoms with Gasteiger partial charge >= 0.3 is 0 Å². The van der Waals surface area contributed by atoms with Crippen molar-refractivity contribution in [3.8, 4) is 0 Å². The molecule has 138 valence electrons. The van der Waals surface area contributed by atoms with Gasteiger partial charge in [0.2, 0.25) is 0 Å². The van der Waals surface area contributed by atoms with Gasteiger partial charge in [0.05, 0.1) is 23.8 Å². The van der Waals surface area contributed by atoms with Crippen molar-refractivity contribution >= 4 is 12.0 Å². The van der Waals surface area contributed by atoms with Crippen molar-refractivity contribution in [1.29, 1.82) is 0 Å². The second-order valence-electron chi connectivity index (χ2n) is 7.61. The zero-order valence-electron chi connectivity index (χ0n) is 14.9. The van der Waals surface area contributed by atoms with Crippen molar-refractivity contribution in [1.82, 2.24) is 25.2 Å². The molecule has 0 N–H and O–H groups in total. The van der Waals surface area contributed by atoms with Crippen LogP contribution in [0.3, 0.4) is 0 Å². The Kier molecular flexibility index (Phi) is 2.90. The second-order valence-corrected chi connectivity index (χ2v) is 7.61. The molecule has 3 unspecified atom stereocenters. The van der Waals surface area contributed by atoms with Gasteiger partial charge in [0.25, 0.3) is 0 Å². The minimum absolute atomic E-state index is 0.160. The zero-order valence-corrected chi connectivity index (χ0v) is 14.9. The summed E-state index contributed by atoms with van der Waals surface area (Å²) in [5, 5.41) is 12.9. The van der Waals surface area contributed by atoms with E-state index in [0.29, 0.717) is 11.0 Å². The largest absolute Gasteiger partial charge is 0.304 e. The van der Waals surface area contributed by atoms with E-state index in [2.05, 4.69) is 17.2 Å². The normalized spacial score (nSPS) is 27.6. The summed E-state index contributed by atoms with van der Waals surface area (Å²) in [5.74, 6) is 2.17. The number of benzene rings is 1. The monoisotopic (exact) mass is 366 g/mol. The fraction of sp³-hybridized carbons (Fsp3) is 0.389. The molecule has 1 aliphatic carbocycles. The van der Waals surface area contributed by atoms with Crippen LogP contribution in [0.15, 0.2) is 47.5 Å². The lowest BCUT2D eigenvalue weighted by molar-refractivity contribution is 0.104. The number of anilines is 1. The highest BCUT2D eigenvalue weighted by Gasteiger charge is 2.45. The Morgan fingerprint density at radius 2 is 2.11 bits per heavy atom. The number of para-hydroxylation sites is 1. The van der Waals surface area contributed by atoms with Crippen LogP contribution in [-0.4, -0.2) is 38.2 Å². The van der Waals surface area contributed by atoms with Gasteiger partial charge in [0.1, 0.15) is 13.0 Å². The molecule has 0 saturated heterocycles. The average Bonchev–Trinajstić information content (AvgIpc) is 3.06. The molecule has 8 nitrogen and oxygen atoms in total. The number of rotatable bonds is 3. The Balaban J connectivity index is 1.42. The Hall–Kier alpha value is -3.10. The maximum absolute atomic E-state index is 14.1. The van der Waals surface area contributed by atoms with Gasteiger partial charge in [0.15, 0.2) is 12.0 Å². The van der Waals surface area contributed by atoms with Crippen LogP contribution < -0.4 is 10.0 Å². The molecule has 0 spiro atoms. The molecule has 1 saturated carbocycles. The van der Waals surface area contributed by atoms with Crippen LogP contribution in [0.2, 0.25) is 0 Å². The van der Waals surface area contributed by atoms with E-state index < -0.39 is 0 Å². The number of nitrogens with zero attached hydrogens (tertiary/aromatic N) is 8. The highest BCUT2D eigenvalue weighted by Crippen LogP contribution is 2.45. The molecule has 2 aromatic rings. The van der Waals surface area contributed by atoms with Gasteiger partial charge in [-0.15, -0.1) is 9.89 Å². The predicted molar refractivity (Wildman–Crippen MR) is 97.1 cm³/mol. The van der Waals surface area contributed by atoms with Gasteiger partial charge in [-0.1, -0.05) is 29.6 Å². The van der Waals surface area contributed by atoms with Gasteiger partial charge < -0.3 is 4.90 Å². The molecular weight excluding hydrogens is 347 g/mol. The van der Waals surface area contributed by atoms with E-state index in [1.54, 1.807) is 11.1 Å². The Labute approximate surface area is 155 Å². The molecule has 1 fully saturated rings. The van der Waals surface area contributed by atoms with Crippen LogP contribution in [0.4, 0.5) is 10.2 Å². The first-order valence-electron chi connectivity index (χ1n) is 9.23. The third-order valence-corrected chi connectivity index (χ3v) is 5.85. The standard InChI is InChI=1S/C18H19FN8/c1-12-6-13(12)7-14-8-21-22-27(14)25-10-20-18-15-4-2-3-5-16(15)24-11-23(19)9-17(24)26(18)25/h2-5,8-10,12-13,18H,6-7,11H2,1H3. The summed E-state index contributed by atoms with van der Waals surface area (Å²) in [5.41, 5.74) is 3.06. The second kappa shape index (κ2) is 5.21. The van der Waals surface area contributed by atoms with Gasteiger partial charge in [0, 0.05) is 5.56 Å². The molecule has 0 bridgehead atoms. The van der Waals surface area contributed by atoms with Crippen molar-refractivity contribution in [2.75, 3.05) is 16.7 Å². The number of hydrazine groups is 1. The third kappa shape index (κ3) is 2.11. The van der Waals surface area contributed by atoms with Crippen molar-refractivity contribution in [2.24, 2.45) is 16.8 Å². The molecular formula is C18H19FN8. The Morgan fingerprint density at radius 1 is 1.26 bits per heavy atom. The van der Waals surface area contributed by atoms with Crippen LogP contribution in [0.25, 0.3) is 0 Å². The Bertz CT molecular complexity index is 968. The number of hydrogen-bond acceptors (Lipinski definition) is 7. The van der Waals surface area contributed by atoms with Crippen LogP contribution >= 0.6 is 0 Å². The number of fused-ring (bicyclic) bond motifs is 6. The summed E-state index contributed by atoms with van der Waals surface area (Å²) in [6, 6.07) is 8.01. The molecule has 3 atom stereocenters. The maximum atomic E-state index is 14.1. The summed E-state index contributed by atoms with van der Waals surface area (Å²) in [6.45, 7) is 2.43. The quantitative estimate of drug-likeness (QED) is 0.776. The summed E-state index contributed by atoms with van der Waals surface area (Å²) in [6.07, 6.45) is 7.00. The summed E-state index contributed by atoms with van der Waals surface area (Å²) >= 11 is 0. The molecule has 4 heterocycles. The van der Waals surface area contributed by atoms with E-state index in [4.69, 9.17) is 4.99 Å². The Morgan fingerprint density at radius 3 is 2.96 bits per heavy atom. The van der Waals surface area contributed by atoms with E-state index in [1.807, 2.05) is 45.5 Å². The number of aliphatic imine (C=N–C) groups is 1. The number of hydrogen-bond donors (Lipinski definition) is 0. The molecule has 27 heavy (non-hydrogen) atoms.